The summed E-state index contributed by atoms with van der Waals surface area (Å²) >= 11 is 1.57. The van der Waals surface area contributed by atoms with E-state index in [2.05, 4.69) is 15.3 Å². The van der Waals surface area contributed by atoms with E-state index in [1.165, 1.54) is 6.07 Å². The summed E-state index contributed by atoms with van der Waals surface area (Å²) in [5.74, 6) is -0.809. The Kier molecular flexibility index (Phi) is 5.20. The number of aromatic amines is 1. The summed E-state index contributed by atoms with van der Waals surface area (Å²) < 4.78 is 1.92. The minimum atomic E-state index is -0.462. The maximum Gasteiger partial charge on any atom is 0.261 e. The number of amides is 2. The number of H-pyrrole nitrogens is 1. The number of hydrogen-bond donors (Lipinski definition) is 3. The summed E-state index contributed by atoms with van der Waals surface area (Å²) in [5.41, 5.74) is 6.38. The lowest BCUT2D eigenvalue weighted by atomic mass is 10.2. The lowest BCUT2D eigenvalue weighted by Gasteiger charge is -2.21. The SMILES string of the molecule is Cc1cn2cc(CNC(=O)c3ccc(CN4CCC[C@@H]4C(N)=O)[nH]c3=O)nc2s1. The van der Waals surface area contributed by atoms with Gasteiger partial charge in [-0.3, -0.25) is 23.7 Å². The third-order valence-electron chi connectivity index (χ3n) is 5.03. The molecule has 29 heavy (non-hydrogen) atoms. The largest absolute Gasteiger partial charge is 0.368 e. The molecule has 9 nitrogen and oxygen atoms in total. The van der Waals surface area contributed by atoms with Crippen LogP contribution in [0.1, 0.15) is 39.5 Å². The molecule has 4 rings (SSSR count). The van der Waals surface area contributed by atoms with E-state index in [0.717, 1.165) is 34.9 Å². The number of likely N-dealkylation sites (tertiary alicyclic amines) is 1. The smallest absolute Gasteiger partial charge is 0.261 e. The van der Waals surface area contributed by atoms with Crippen LogP contribution in [-0.2, 0) is 17.9 Å². The van der Waals surface area contributed by atoms with Gasteiger partial charge in [-0.25, -0.2) is 4.98 Å². The monoisotopic (exact) mass is 414 g/mol. The van der Waals surface area contributed by atoms with Crippen LogP contribution in [0.15, 0.2) is 29.3 Å². The predicted molar refractivity (Wildman–Crippen MR) is 109 cm³/mol. The fourth-order valence-electron chi connectivity index (χ4n) is 3.65. The minimum Gasteiger partial charge on any atom is -0.368 e. The van der Waals surface area contributed by atoms with E-state index in [9.17, 15) is 14.4 Å². The molecular weight excluding hydrogens is 392 g/mol. The summed E-state index contributed by atoms with van der Waals surface area (Å²) in [6.07, 6.45) is 5.46. The van der Waals surface area contributed by atoms with E-state index in [1.807, 2.05) is 28.6 Å². The van der Waals surface area contributed by atoms with Crippen LogP contribution in [0.25, 0.3) is 4.96 Å². The summed E-state index contributed by atoms with van der Waals surface area (Å²) in [7, 11) is 0. The molecule has 1 aliphatic heterocycles. The number of hydrogen-bond acceptors (Lipinski definition) is 6. The van der Waals surface area contributed by atoms with Crippen LogP contribution in [0.4, 0.5) is 0 Å². The van der Waals surface area contributed by atoms with Crippen molar-refractivity contribution in [3.63, 3.8) is 0 Å². The molecular formula is C19H22N6O3S. The Morgan fingerprint density at radius 3 is 2.93 bits per heavy atom. The highest BCUT2D eigenvalue weighted by molar-refractivity contribution is 7.16. The summed E-state index contributed by atoms with van der Waals surface area (Å²) in [5, 5.41) is 2.73. The Morgan fingerprint density at radius 2 is 2.21 bits per heavy atom. The second-order valence-electron chi connectivity index (χ2n) is 7.20. The van der Waals surface area contributed by atoms with E-state index in [-0.39, 0.29) is 24.1 Å². The van der Waals surface area contributed by atoms with Gasteiger partial charge in [0.15, 0.2) is 4.96 Å². The second-order valence-corrected chi connectivity index (χ2v) is 8.42. The number of primary amides is 1. The predicted octanol–water partition coefficient (Wildman–Crippen LogP) is 0.772. The van der Waals surface area contributed by atoms with E-state index in [0.29, 0.717) is 12.2 Å². The highest BCUT2D eigenvalue weighted by Crippen LogP contribution is 2.19. The van der Waals surface area contributed by atoms with Gasteiger partial charge in [-0.1, -0.05) is 0 Å². The van der Waals surface area contributed by atoms with Gasteiger partial charge in [-0.05, 0) is 38.4 Å². The Hall–Kier alpha value is -2.98. The van der Waals surface area contributed by atoms with Crippen molar-refractivity contribution in [1.82, 2.24) is 24.6 Å². The Balaban J connectivity index is 1.40. The molecule has 1 fully saturated rings. The highest BCUT2D eigenvalue weighted by Gasteiger charge is 2.29. The lowest BCUT2D eigenvalue weighted by Crippen LogP contribution is -2.40. The third kappa shape index (κ3) is 4.08. The molecule has 1 saturated heterocycles. The van der Waals surface area contributed by atoms with Gasteiger partial charge in [0, 0.05) is 29.5 Å². The minimum absolute atomic E-state index is 0.0403. The number of nitrogens with zero attached hydrogens (tertiary/aromatic N) is 3. The van der Waals surface area contributed by atoms with Crippen molar-refractivity contribution < 1.29 is 9.59 Å². The second kappa shape index (κ2) is 7.80. The van der Waals surface area contributed by atoms with Gasteiger partial charge in [0.25, 0.3) is 11.5 Å². The van der Waals surface area contributed by atoms with Gasteiger partial charge in [-0.15, -0.1) is 11.3 Å². The van der Waals surface area contributed by atoms with Crippen LogP contribution in [0.3, 0.4) is 0 Å². The molecule has 0 unspecified atom stereocenters. The molecule has 0 aliphatic carbocycles. The molecule has 1 atom stereocenters. The van der Waals surface area contributed by atoms with E-state index in [1.54, 1.807) is 17.4 Å². The number of thiazole rings is 1. The number of fused-ring (bicyclic) bond motifs is 1. The zero-order valence-corrected chi connectivity index (χ0v) is 16.8. The number of aromatic nitrogens is 3. The molecule has 2 amide bonds. The Bertz CT molecular complexity index is 1100. The van der Waals surface area contributed by atoms with Crippen LogP contribution in [0.2, 0.25) is 0 Å². The van der Waals surface area contributed by atoms with Crippen molar-refractivity contribution in [2.45, 2.75) is 38.9 Å². The molecule has 152 valence electrons. The quantitative estimate of drug-likeness (QED) is 0.549. The maximum atomic E-state index is 12.4. The number of pyridine rings is 1. The molecule has 0 aromatic carbocycles. The van der Waals surface area contributed by atoms with Crippen molar-refractivity contribution in [2.24, 2.45) is 5.73 Å². The first-order chi connectivity index (χ1) is 13.9. The lowest BCUT2D eigenvalue weighted by molar-refractivity contribution is -0.122. The van der Waals surface area contributed by atoms with Crippen molar-refractivity contribution in [2.75, 3.05) is 6.54 Å². The van der Waals surface area contributed by atoms with E-state index in [4.69, 9.17) is 5.73 Å². The Labute approximate surface area is 170 Å². The van der Waals surface area contributed by atoms with Crippen LogP contribution in [0, 0.1) is 6.92 Å². The van der Waals surface area contributed by atoms with Crippen molar-refractivity contribution >= 4 is 28.1 Å². The normalized spacial score (nSPS) is 17.1. The van der Waals surface area contributed by atoms with Gasteiger partial charge in [0.05, 0.1) is 18.3 Å². The molecule has 1 aliphatic rings. The fraction of sp³-hybridized carbons (Fsp3) is 0.368. The molecule has 0 spiro atoms. The zero-order valence-electron chi connectivity index (χ0n) is 16.0. The number of carbonyl (C=O) groups excluding carboxylic acids is 2. The fourth-order valence-corrected chi connectivity index (χ4v) is 4.48. The summed E-state index contributed by atoms with van der Waals surface area (Å²) in [6.45, 7) is 3.41. The molecule has 4 N–H and O–H groups in total. The first-order valence-electron chi connectivity index (χ1n) is 9.38. The van der Waals surface area contributed by atoms with Crippen molar-refractivity contribution in [3.05, 3.63) is 56.7 Å². The number of nitrogens with one attached hydrogen (secondary N) is 2. The van der Waals surface area contributed by atoms with E-state index < -0.39 is 11.5 Å². The van der Waals surface area contributed by atoms with Gasteiger partial charge >= 0.3 is 0 Å². The molecule has 0 bridgehead atoms. The molecule has 3 aromatic rings. The molecule has 0 saturated carbocycles. The maximum absolute atomic E-state index is 12.4. The van der Waals surface area contributed by atoms with Gasteiger partial charge in [-0.2, -0.15) is 0 Å². The van der Waals surface area contributed by atoms with Crippen molar-refractivity contribution in [3.8, 4) is 0 Å². The van der Waals surface area contributed by atoms with Crippen molar-refractivity contribution in [1.29, 1.82) is 0 Å². The number of carbonyl (C=O) groups is 2. The van der Waals surface area contributed by atoms with Crippen LogP contribution in [-0.4, -0.2) is 43.7 Å². The first-order valence-corrected chi connectivity index (χ1v) is 10.2. The number of rotatable bonds is 6. The first kappa shape index (κ1) is 19.3. The average molecular weight is 414 g/mol. The molecule has 4 heterocycles. The van der Waals surface area contributed by atoms with Gasteiger partial charge in [0.1, 0.15) is 5.56 Å². The average Bonchev–Trinajstić information content (AvgIpc) is 3.34. The zero-order chi connectivity index (χ0) is 20.5. The number of nitrogens with two attached hydrogens (primary N) is 1. The summed E-state index contributed by atoms with van der Waals surface area (Å²) in [4.78, 5) is 47.4. The molecule has 3 aromatic heterocycles. The van der Waals surface area contributed by atoms with E-state index >= 15 is 0 Å². The third-order valence-corrected chi connectivity index (χ3v) is 5.94. The van der Waals surface area contributed by atoms with Crippen LogP contribution in [0.5, 0.6) is 0 Å². The summed E-state index contributed by atoms with van der Waals surface area (Å²) in [6, 6.07) is 2.89. The molecule has 0 radical (unpaired) electrons. The van der Waals surface area contributed by atoms with Gasteiger partial charge in [0.2, 0.25) is 5.91 Å². The number of imidazole rings is 1. The van der Waals surface area contributed by atoms with Crippen LogP contribution >= 0.6 is 11.3 Å². The Morgan fingerprint density at radius 1 is 1.38 bits per heavy atom. The molecule has 10 heteroatoms. The highest BCUT2D eigenvalue weighted by atomic mass is 32.1. The standard InChI is InChI=1S/C19H22N6O3S/c1-11-8-25-10-13(23-19(25)29-11)7-21-17(27)14-5-4-12(22-18(14)28)9-24-6-2-3-15(24)16(20)26/h4-5,8,10,15H,2-3,6-7,9H2,1H3,(H2,20,26)(H,21,27)(H,22,28)/t15-/m1/s1. The number of aryl methyl sites for hydroxylation is 1. The topological polar surface area (TPSA) is 126 Å². The van der Waals surface area contributed by atoms with Gasteiger partial charge < -0.3 is 16.0 Å². The van der Waals surface area contributed by atoms with Crippen LogP contribution < -0.4 is 16.6 Å².